The van der Waals surface area contributed by atoms with Gasteiger partial charge in [0.15, 0.2) is 0 Å². The summed E-state index contributed by atoms with van der Waals surface area (Å²) < 4.78 is 27.3. The fraction of sp³-hybridized carbons (Fsp3) is 0.867. The Hall–Kier alpha value is -1.31. The van der Waals surface area contributed by atoms with Crippen molar-refractivity contribution in [1.82, 2.24) is 10.6 Å². The first-order valence-corrected chi connectivity index (χ1v) is 9.78. The van der Waals surface area contributed by atoms with Gasteiger partial charge in [-0.15, -0.1) is 0 Å². The molecule has 1 atom stereocenters. The normalized spacial score (nSPS) is 13.5. The molecule has 0 aliphatic heterocycles. The molecule has 0 aliphatic carbocycles. The van der Waals surface area contributed by atoms with Crippen LogP contribution in [0.25, 0.3) is 0 Å². The van der Waals surface area contributed by atoms with E-state index in [1.54, 1.807) is 20.8 Å². The second-order valence-electron chi connectivity index (χ2n) is 7.16. The van der Waals surface area contributed by atoms with Gasteiger partial charge in [-0.2, -0.15) is 0 Å². The van der Waals surface area contributed by atoms with E-state index in [-0.39, 0.29) is 30.7 Å². The van der Waals surface area contributed by atoms with Crippen molar-refractivity contribution in [3.05, 3.63) is 0 Å². The minimum Gasteiger partial charge on any atom is -0.444 e. The van der Waals surface area contributed by atoms with Crippen molar-refractivity contribution in [3.63, 3.8) is 0 Å². The summed E-state index contributed by atoms with van der Waals surface area (Å²) in [6.07, 6.45) is 1.14. The highest BCUT2D eigenvalue weighted by Gasteiger charge is 2.20. The number of hydrogen-bond acceptors (Lipinski definition) is 5. The largest absolute Gasteiger partial charge is 0.444 e. The van der Waals surface area contributed by atoms with E-state index in [0.29, 0.717) is 12.3 Å². The topological polar surface area (TPSA) is 102 Å². The number of rotatable bonds is 8. The molecular formula is C15H30N2O5S. The zero-order valence-corrected chi connectivity index (χ0v) is 15.7. The first kappa shape index (κ1) is 21.7. The number of alkyl carbamates (subject to hydrolysis) is 1. The van der Waals surface area contributed by atoms with Gasteiger partial charge in [0.25, 0.3) is 0 Å². The maximum Gasteiger partial charge on any atom is 0.407 e. The Kier molecular flexibility index (Phi) is 8.58. The van der Waals surface area contributed by atoms with Gasteiger partial charge >= 0.3 is 6.09 Å². The van der Waals surface area contributed by atoms with Gasteiger partial charge in [0.1, 0.15) is 15.4 Å². The van der Waals surface area contributed by atoms with Crippen LogP contribution in [0.2, 0.25) is 0 Å². The molecule has 0 aromatic rings. The van der Waals surface area contributed by atoms with Crippen LogP contribution in [0.1, 0.15) is 47.5 Å². The summed E-state index contributed by atoms with van der Waals surface area (Å²) in [5.41, 5.74) is -0.592. The number of carbonyl (C=O) groups excluding carboxylic acids is 2. The standard InChI is InChI=1S/C15H30N2O5S/c1-11(2)9-12(17-14(19)22-15(3,4)5)10-16-13(18)7-8-23(6,20)21/h11-12H,7-10H2,1-6H3,(H,16,18)(H,17,19). The van der Waals surface area contributed by atoms with Crippen molar-refractivity contribution in [2.75, 3.05) is 18.6 Å². The zero-order valence-electron chi connectivity index (χ0n) is 14.9. The first-order chi connectivity index (χ1) is 10.3. The van der Waals surface area contributed by atoms with Gasteiger partial charge in [-0.25, -0.2) is 13.2 Å². The van der Waals surface area contributed by atoms with Crippen LogP contribution in [-0.4, -0.2) is 50.6 Å². The average molecular weight is 350 g/mol. The molecule has 0 rings (SSSR count). The van der Waals surface area contributed by atoms with Crippen molar-refractivity contribution in [2.24, 2.45) is 5.92 Å². The van der Waals surface area contributed by atoms with E-state index < -0.39 is 21.5 Å². The number of sulfone groups is 1. The van der Waals surface area contributed by atoms with Crippen LogP contribution in [0.3, 0.4) is 0 Å². The molecule has 0 spiro atoms. The summed E-state index contributed by atoms with van der Waals surface area (Å²) in [5.74, 6) is -0.217. The third-order valence-electron chi connectivity index (χ3n) is 2.72. The summed E-state index contributed by atoms with van der Waals surface area (Å²) in [6.45, 7) is 9.58. The number of amides is 2. The third kappa shape index (κ3) is 14.0. The van der Waals surface area contributed by atoms with E-state index in [9.17, 15) is 18.0 Å². The SMILES string of the molecule is CC(C)CC(CNC(=O)CCS(C)(=O)=O)NC(=O)OC(C)(C)C. The second kappa shape index (κ2) is 9.10. The molecule has 0 saturated heterocycles. The van der Waals surface area contributed by atoms with Crippen LogP contribution in [0.4, 0.5) is 4.79 Å². The van der Waals surface area contributed by atoms with E-state index in [4.69, 9.17) is 4.74 Å². The molecular weight excluding hydrogens is 320 g/mol. The predicted octanol–water partition coefficient (Wildman–Crippen LogP) is 1.48. The van der Waals surface area contributed by atoms with E-state index in [1.807, 2.05) is 13.8 Å². The Morgan fingerprint density at radius 3 is 2.17 bits per heavy atom. The van der Waals surface area contributed by atoms with Gasteiger partial charge in [0.2, 0.25) is 5.91 Å². The highest BCUT2D eigenvalue weighted by Crippen LogP contribution is 2.09. The highest BCUT2D eigenvalue weighted by molar-refractivity contribution is 7.90. The van der Waals surface area contributed by atoms with E-state index in [0.717, 1.165) is 6.26 Å². The lowest BCUT2D eigenvalue weighted by Gasteiger charge is -2.24. The van der Waals surface area contributed by atoms with E-state index >= 15 is 0 Å². The Morgan fingerprint density at radius 1 is 1.17 bits per heavy atom. The van der Waals surface area contributed by atoms with Gasteiger partial charge in [-0.3, -0.25) is 4.79 Å². The molecule has 0 fully saturated rings. The Balaban J connectivity index is 4.45. The van der Waals surface area contributed by atoms with Crippen molar-refractivity contribution in [3.8, 4) is 0 Å². The fourth-order valence-corrected chi connectivity index (χ4v) is 2.40. The van der Waals surface area contributed by atoms with Gasteiger partial charge in [0, 0.05) is 25.3 Å². The van der Waals surface area contributed by atoms with Gasteiger partial charge in [0.05, 0.1) is 5.75 Å². The summed E-state index contributed by atoms with van der Waals surface area (Å²) in [4.78, 5) is 23.5. The molecule has 23 heavy (non-hydrogen) atoms. The van der Waals surface area contributed by atoms with Crippen molar-refractivity contribution in [1.29, 1.82) is 0 Å². The van der Waals surface area contributed by atoms with Crippen molar-refractivity contribution in [2.45, 2.75) is 59.1 Å². The van der Waals surface area contributed by atoms with Crippen molar-refractivity contribution >= 4 is 21.8 Å². The molecule has 0 aromatic carbocycles. The molecule has 1 unspecified atom stereocenters. The molecule has 2 amide bonds. The van der Waals surface area contributed by atoms with Crippen LogP contribution in [0, 0.1) is 5.92 Å². The zero-order chi connectivity index (χ0) is 18.3. The maximum absolute atomic E-state index is 11.8. The summed E-state index contributed by atoms with van der Waals surface area (Å²) in [5, 5.41) is 5.39. The lowest BCUT2D eigenvalue weighted by molar-refractivity contribution is -0.120. The lowest BCUT2D eigenvalue weighted by atomic mass is 10.0. The van der Waals surface area contributed by atoms with Crippen LogP contribution in [-0.2, 0) is 19.4 Å². The average Bonchev–Trinajstić information content (AvgIpc) is 2.29. The quantitative estimate of drug-likeness (QED) is 0.690. The molecule has 0 saturated carbocycles. The van der Waals surface area contributed by atoms with Crippen LogP contribution in [0.5, 0.6) is 0 Å². The number of nitrogens with one attached hydrogen (secondary N) is 2. The first-order valence-electron chi connectivity index (χ1n) is 7.72. The fourth-order valence-electron chi connectivity index (χ4n) is 1.84. The number of ether oxygens (including phenoxy) is 1. The van der Waals surface area contributed by atoms with Crippen molar-refractivity contribution < 1.29 is 22.7 Å². The summed E-state index contributed by atoms with van der Waals surface area (Å²) in [6, 6.07) is -0.271. The molecule has 0 heterocycles. The Labute approximate surface area is 139 Å². The van der Waals surface area contributed by atoms with E-state index in [2.05, 4.69) is 10.6 Å². The van der Waals surface area contributed by atoms with Crippen LogP contribution >= 0.6 is 0 Å². The molecule has 136 valence electrons. The smallest absolute Gasteiger partial charge is 0.407 e. The Bertz CT molecular complexity index is 494. The van der Waals surface area contributed by atoms with Gasteiger partial charge < -0.3 is 15.4 Å². The molecule has 0 bridgehead atoms. The minimum atomic E-state index is -3.17. The highest BCUT2D eigenvalue weighted by atomic mass is 32.2. The molecule has 0 radical (unpaired) electrons. The predicted molar refractivity (Wildman–Crippen MR) is 90.0 cm³/mol. The number of carbonyl (C=O) groups is 2. The van der Waals surface area contributed by atoms with E-state index in [1.165, 1.54) is 0 Å². The lowest BCUT2D eigenvalue weighted by Crippen LogP contribution is -2.46. The van der Waals surface area contributed by atoms with Gasteiger partial charge in [-0.05, 0) is 33.1 Å². The Morgan fingerprint density at radius 2 is 1.74 bits per heavy atom. The second-order valence-corrected chi connectivity index (χ2v) is 9.42. The number of hydrogen-bond donors (Lipinski definition) is 2. The molecule has 7 nitrogen and oxygen atoms in total. The molecule has 2 N–H and O–H groups in total. The maximum atomic E-state index is 11.8. The molecule has 0 aromatic heterocycles. The van der Waals surface area contributed by atoms with Crippen LogP contribution in [0.15, 0.2) is 0 Å². The molecule has 0 aliphatic rings. The van der Waals surface area contributed by atoms with Crippen LogP contribution < -0.4 is 10.6 Å². The van der Waals surface area contributed by atoms with Gasteiger partial charge in [-0.1, -0.05) is 13.8 Å². The third-order valence-corrected chi connectivity index (χ3v) is 3.67. The summed E-state index contributed by atoms with van der Waals surface area (Å²) in [7, 11) is -3.17. The minimum absolute atomic E-state index is 0.0837. The summed E-state index contributed by atoms with van der Waals surface area (Å²) >= 11 is 0. The molecule has 8 heteroatoms. The monoisotopic (exact) mass is 350 g/mol.